The molecule has 0 radical (unpaired) electrons. The molecule has 0 aliphatic heterocycles. The molecule has 0 bridgehead atoms. The number of aliphatic hydroxyl groups is 1. The molecular weight excluding hydrogens is 164 g/mol. The van der Waals surface area contributed by atoms with Crippen LogP contribution in [-0.4, -0.2) is 23.9 Å². The summed E-state index contributed by atoms with van der Waals surface area (Å²) in [5.74, 6) is 0.770. The highest BCUT2D eigenvalue weighted by molar-refractivity contribution is 4.74. The molecule has 1 aliphatic rings. The van der Waals surface area contributed by atoms with Crippen molar-refractivity contribution < 1.29 is 9.84 Å². The summed E-state index contributed by atoms with van der Waals surface area (Å²) < 4.78 is 5.69. The lowest BCUT2D eigenvalue weighted by Gasteiger charge is -2.13. The first-order chi connectivity index (χ1) is 6.22. The number of ether oxygens (including phenoxy) is 1. The van der Waals surface area contributed by atoms with Crippen molar-refractivity contribution in [2.24, 2.45) is 5.92 Å². The van der Waals surface area contributed by atoms with E-state index in [2.05, 4.69) is 13.8 Å². The van der Waals surface area contributed by atoms with E-state index >= 15 is 0 Å². The molecule has 1 fully saturated rings. The molecule has 78 valence electrons. The SMILES string of the molecule is CCC(C)CCOC1CCC(O)C1. The van der Waals surface area contributed by atoms with Crippen molar-refractivity contribution in [1.29, 1.82) is 0 Å². The van der Waals surface area contributed by atoms with Gasteiger partial charge in [0.1, 0.15) is 0 Å². The van der Waals surface area contributed by atoms with E-state index in [9.17, 15) is 5.11 Å². The Bertz CT molecular complexity index is 136. The van der Waals surface area contributed by atoms with Crippen molar-refractivity contribution in [3.05, 3.63) is 0 Å². The van der Waals surface area contributed by atoms with Gasteiger partial charge < -0.3 is 9.84 Å². The maximum Gasteiger partial charge on any atom is 0.0600 e. The molecule has 1 saturated carbocycles. The molecule has 13 heavy (non-hydrogen) atoms. The summed E-state index contributed by atoms with van der Waals surface area (Å²) in [4.78, 5) is 0. The second-order valence-electron chi connectivity index (χ2n) is 4.26. The highest BCUT2D eigenvalue weighted by Crippen LogP contribution is 2.22. The van der Waals surface area contributed by atoms with Crippen LogP contribution < -0.4 is 0 Å². The molecule has 2 nitrogen and oxygen atoms in total. The molecule has 0 heterocycles. The maximum absolute atomic E-state index is 9.27. The Morgan fingerprint density at radius 2 is 2.23 bits per heavy atom. The molecular formula is C11H22O2. The van der Waals surface area contributed by atoms with E-state index < -0.39 is 0 Å². The first-order valence-corrected chi connectivity index (χ1v) is 5.52. The van der Waals surface area contributed by atoms with Gasteiger partial charge in [-0.25, -0.2) is 0 Å². The van der Waals surface area contributed by atoms with Crippen LogP contribution in [-0.2, 0) is 4.74 Å². The summed E-state index contributed by atoms with van der Waals surface area (Å²) in [6, 6.07) is 0. The first-order valence-electron chi connectivity index (χ1n) is 5.52. The van der Waals surface area contributed by atoms with E-state index in [0.717, 1.165) is 38.2 Å². The predicted octanol–water partition coefficient (Wildman–Crippen LogP) is 2.35. The van der Waals surface area contributed by atoms with Gasteiger partial charge in [-0.3, -0.25) is 0 Å². The Balaban J connectivity index is 2.00. The highest BCUT2D eigenvalue weighted by Gasteiger charge is 2.22. The summed E-state index contributed by atoms with van der Waals surface area (Å²) >= 11 is 0. The van der Waals surface area contributed by atoms with Crippen LogP contribution in [0.15, 0.2) is 0 Å². The molecule has 3 unspecified atom stereocenters. The van der Waals surface area contributed by atoms with Gasteiger partial charge in [-0.1, -0.05) is 20.3 Å². The number of hydrogen-bond acceptors (Lipinski definition) is 2. The van der Waals surface area contributed by atoms with Gasteiger partial charge in [0.2, 0.25) is 0 Å². The summed E-state index contributed by atoms with van der Waals surface area (Å²) in [5.41, 5.74) is 0. The third-order valence-corrected chi connectivity index (χ3v) is 3.02. The molecule has 0 amide bonds. The van der Waals surface area contributed by atoms with Crippen molar-refractivity contribution in [1.82, 2.24) is 0 Å². The minimum absolute atomic E-state index is 0.103. The van der Waals surface area contributed by atoms with Crippen LogP contribution >= 0.6 is 0 Å². The Labute approximate surface area is 81.3 Å². The Hall–Kier alpha value is -0.0800. The Morgan fingerprint density at radius 3 is 2.77 bits per heavy atom. The second kappa shape index (κ2) is 5.61. The van der Waals surface area contributed by atoms with Crippen LogP contribution in [0.3, 0.4) is 0 Å². The molecule has 0 spiro atoms. The largest absolute Gasteiger partial charge is 0.393 e. The average molecular weight is 186 g/mol. The first kappa shape index (κ1) is 11.0. The summed E-state index contributed by atoms with van der Waals surface area (Å²) in [6.07, 6.45) is 5.43. The van der Waals surface area contributed by atoms with Gasteiger partial charge in [0.05, 0.1) is 12.2 Å². The molecule has 0 aromatic rings. The van der Waals surface area contributed by atoms with E-state index in [4.69, 9.17) is 4.74 Å². The number of rotatable bonds is 5. The van der Waals surface area contributed by atoms with Gasteiger partial charge >= 0.3 is 0 Å². The van der Waals surface area contributed by atoms with Crippen molar-refractivity contribution >= 4 is 0 Å². The zero-order chi connectivity index (χ0) is 9.68. The van der Waals surface area contributed by atoms with Crippen LogP contribution in [0, 0.1) is 5.92 Å². The van der Waals surface area contributed by atoms with Crippen molar-refractivity contribution in [2.45, 2.75) is 58.2 Å². The second-order valence-corrected chi connectivity index (χ2v) is 4.26. The highest BCUT2D eigenvalue weighted by atomic mass is 16.5. The fourth-order valence-corrected chi connectivity index (χ4v) is 1.71. The van der Waals surface area contributed by atoms with Crippen LogP contribution in [0.4, 0.5) is 0 Å². The minimum Gasteiger partial charge on any atom is -0.393 e. The maximum atomic E-state index is 9.27. The van der Waals surface area contributed by atoms with Crippen LogP contribution in [0.5, 0.6) is 0 Å². The fraction of sp³-hybridized carbons (Fsp3) is 1.00. The third-order valence-electron chi connectivity index (χ3n) is 3.02. The van der Waals surface area contributed by atoms with E-state index in [-0.39, 0.29) is 6.10 Å². The smallest absolute Gasteiger partial charge is 0.0600 e. The van der Waals surface area contributed by atoms with Crippen molar-refractivity contribution in [2.75, 3.05) is 6.61 Å². The van der Waals surface area contributed by atoms with Gasteiger partial charge in [0.25, 0.3) is 0 Å². The summed E-state index contributed by atoms with van der Waals surface area (Å²) in [5, 5.41) is 9.27. The molecule has 0 aromatic heterocycles. The normalized spacial score (nSPS) is 30.7. The van der Waals surface area contributed by atoms with Crippen LogP contribution in [0.25, 0.3) is 0 Å². The summed E-state index contributed by atoms with van der Waals surface area (Å²) in [6.45, 7) is 5.34. The molecule has 0 aromatic carbocycles. The van der Waals surface area contributed by atoms with Crippen molar-refractivity contribution in [3.8, 4) is 0 Å². The topological polar surface area (TPSA) is 29.5 Å². The number of aliphatic hydroxyl groups excluding tert-OH is 1. The zero-order valence-corrected chi connectivity index (χ0v) is 8.83. The average Bonchev–Trinajstić information content (AvgIpc) is 2.51. The van der Waals surface area contributed by atoms with Gasteiger partial charge in [-0.15, -0.1) is 0 Å². The van der Waals surface area contributed by atoms with Crippen molar-refractivity contribution in [3.63, 3.8) is 0 Å². The third kappa shape index (κ3) is 4.10. The van der Waals surface area contributed by atoms with Gasteiger partial charge in [0, 0.05) is 6.61 Å². The summed E-state index contributed by atoms with van der Waals surface area (Å²) in [7, 11) is 0. The fourth-order valence-electron chi connectivity index (χ4n) is 1.71. The number of hydrogen-bond donors (Lipinski definition) is 1. The predicted molar refractivity (Wildman–Crippen MR) is 53.7 cm³/mol. The lowest BCUT2D eigenvalue weighted by atomic mass is 10.1. The van der Waals surface area contributed by atoms with E-state index in [1.54, 1.807) is 0 Å². The van der Waals surface area contributed by atoms with Gasteiger partial charge in [0.15, 0.2) is 0 Å². The molecule has 3 atom stereocenters. The van der Waals surface area contributed by atoms with E-state index in [1.807, 2.05) is 0 Å². The van der Waals surface area contributed by atoms with Gasteiger partial charge in [-0.2, -0.15) is 0 Å². The van der Waals surface area contributed by atoms with E-state index in [1.165, 1.54) is 6.42 Å². The Kier molecular flexibility index (Phi) is 4.74. The molecule has 0 saturated heterocycles. The molecule has 1 aliphatic carbocycles. The quantitative estimate of drug-likeness (QED) is 0.714. The van der Waals surface area contributed by atoms with E-state index in [0.29, 0.717) is 6.10 Å². The lowest BCUT2D eigenvalue weighted by Crippen LogP contribution is -2.12. The minimum atomic E-state index is -0.103. The molecule has 1 rings (SSSR count). The van der Waals surface area contributed by atoms with Gasteiger partial charge in [-0.05, 0) is 31.6 Å². The Morgan fingerprint density at radius 1 is 1.46 bits per heavy atom. The lowest BCUT2D eigenvalue weighted by molar-refractivity contribution is 0.0402. The van der Waals surface area contributed by atoms with Crippen LogP contribution in [0.1, 0.15) is 46.0 Å². The molecule has 2 heteroatoms. The zero-order valence-electron chi connectivity index (χ0n) is 8.83. The standard InChI is InChI=1S/C11H22O2/c1-3-9(2)6-7-13-11-5-4-10(12)8-11/h9-12H,3-8H2,1-2H3. The van der Waals surface area contributed by atoms with Crippen LogP contribution in [0.2, 0.25) is 0 Å². The monoisotopic (exact) mass is 186 g/mol. The molecule has 1 N–H and O–H groups in total.